The standard InChI is InChI=1S/C29H21F7O/c1-2-3-4-18-14-24(31)27(25(32)15-18)21-10-11-22-20(16-21)9-8-19(28(22)33)7-5-17-6-12-26(23(30)13-17)37-29(34,35)36/h2,6,8-16H,1,3-5,7H2. The van der Waals surface area contributed by atoms with Gasteiger partial charge in [-0.1, -0.05) is 36.4 Å². The fourth-order valence-electron chi connectivity index (χ4n) is 4.19. The number of alkyl halides is 3. The van der Waals surface area contributed by atoms with Crippen LogP contribution in [0.15, 0.2) is 73.3 Å². The fourth-order valence-corrected chi connectivity index (χ4v) is 4.19. The Kier molecular flexibility index (Phi) is 7.57. The highest BCUT2D eigenvalue weighted by Gasteiger charge is 2.32. The molecule has 0 radical (unpaired) electrons. The number of hydrogen-bond acceptors (Lipinski definition) is 1. The van der Waals surface area contributed by atoms with Crippen molar-refractivity contribution in [2.45, 2.75) is 32.0 Å². The van der Waals surface area contributed by atoms with Crippen molar-refractivity contribution in [2.75, 3.05) is 0 Å². The third kappa shape index (κ3) is 6.13. The van der Waals surface area contributed by atoms with Crippen molar-refractivity contribution in [1.29, 1.82) is 0 Å². The van der Waals surface area contributed by atoms with Crippen LogP contribution in [0.1, 0.15) is 23.1 Å². The van der Waals surface area contributed by atoms with Crippen LogP contribution in [0.2, 0.25) is 0 Å². The Morgan fingerprint density at radius 2 is 1.43 bits per heavy atom. The molecule has 0 spiro atoms. The highest BCUT2D eigenvalue weighted by molar-refractivity contribution is 5.88. The van der Waals surface area contributed by atoms with Gasteiger partial charge in [0.1, 0.15) is 17.5 Å². The number of rotatable bonds is 8. The summed E-state index contributed by atoms with van der Waals surface area (Å²) in [5.74, 6) is -4.08. The molecule has 0 saturated heterocycles. The zero-order valence-electron chi connectivity index (χ0n) is 19.4. The van der Waals surface area contributed by atoms with Crippen molar-refractivity contribution in [3.63, 3.8) is 0 Å². The molecule has 8 heteroatoms. The quantitative estimate of drug-likeness (QED) is 0.167. The Bertz CT molecular complexity index is 1430. The molecule has 0 aliphatic heterocycles. The average Bonchev–Trinajstić information content (AvgIpc) is 2.83. The highest BCUT2D eigenvalue weighted by atomic mass is 19.4. The molecule has 0 atom stereocenters. The topological polar surface area (TPSA) is 9.23 Å². The smallest absolute Gasteiger partial charge is 0.403 e. The largest absolute Gasteiger partial charge is 0.573 e. The van der Waals surface area contributed by atoms with Gasteiger partial charge in [-0.2, -0.15) is 0 Å². The average molecular weight is 518 g/mol. The Morgan fingerprint density at radius 1 is 0.730 bits per heavy atom. The van der Waals surface area contributed by atoms with Crippen molar-refractivity contribution in [1.82, 2.24) is 0 Å². The molecule has 0 fully saturated rings. The summed E-state index contributed by atoms with van der Waals surface area (Å²) in [6.07, 6.45) is -1.99. The zero-order valence-corrected chi connectivity index (χ0v) is 19.4. The van der Waals surface area contributed by atoms with Crippen LogP contribution in [-0.2, 0) is 19.3 Å². The summed E-state index contributed by atoms with van der Waals surface area (Å²) < 4.78 is 99.1. The number of benzene rings is 4. The third-order valence-corrected chi connectivity index (χ3v) is 5.97. The van der Waals surface area contributed by atoms with Crippen LogP contribution in [-0.4, -0.2) is 6.36 Å². The molecule has 4 aromatic carbocycles. The lowest BCUT2D eigenvalue weighted by molar-refractivity contribution is -0.275. The lowest BCUT2D eigenvalue weighted by atomic mass is 9.95. The van der Waals surface area contributed by atoms with E-state index in [1.54, 1.807) is 12.1 Å². The second kappa shape index (κ2) is 10.7. The van der Waals surface area contributed by atoms with Crippen LogP contribution in [0.3, 0.4) is 0 Å². The van der Waals surface area contributed by atoms with Gasteiger partial charge in [-0.15, -0.1) is 19.8 Å². The first-order chi connectivity index (χ1) is 17.6. The highest BCUT2D eigenvalue weighted by Crippen LogP contribution is 2.32. The predicted octanol–water partition coefficient (Wildman–Crippen LogP) is 8.87. The van der Waals surface area contributed by atoms with E-state index in [4.69, 9.17) is 0 Å². The Balaban J connectivity index is 1.55. The van der Waals surface area contributed by atoms with Gasteiger partial charge in [-0.25, -0.2) is 17.6 Å². The number of ether oxygens (including phenoxy) is 1. The molecule has 0 N–H and O–H groups in total. The van der Waals surface area contributed by atoms with E-state index in [-0.39, 0.29) is 29.4 Å². The Hall–Kier alpha value is -3.81. The van der Waals surface area contributed by atoms with E-state index in [1.165, 1.54) is 42.5 Å². The minimum atomic E-state index is -5.01. The normalized spacial score (nSPS) is 11.6. The van der Waals surface area contributed by atoms with Crippen LogP contribution in [0.4, 0.5) is 30.7 Å². The first-order valence-corrected chi connectivity index (χ1v) is 11.4. The molecule has 192 valence electrons. The van der Waals surface area contributed by atoms with Gasteiger partial charge in [0.2, 0.25) is 0 Å². The van der Waals surface area contributed by atoms with Gasteiger partial charge in [0, 0.05) is 5.39 Å². The molecule has 0 bridgehead atoms. The minimum absolute atomic E-state index is 0.151. The first-order valence-electron chi connectivity index (χ1n) is 11.4. The molecule has 0 aromatic heterocycles. The fraction of sp³-hybridized carbons (Fsp3) is 0.172. The lowest BCUT2D eigenvalue weighted by Crippen LogP contribution is -2.18. The molecule has 37 heavy (non-hydrogen) atoms. The number of aryl methyl sites for hydroxylation is 3. The summed E-state index contributed by atoms with van der Waals surface area (Å²) >= 11 is 0. The van der Waals surface area contributed by atoms with Gasteiger partial charge in [-0.05, 0) is 83.7 Å². The van der Waals surface area contributed by atoms with Crippen molar-refractivity contribution in [3.05, 3.63) is 113 Å². The van der Waals surface area contributed by atoms with E-state index in [0.717, 1.165) is 12.1 Å². The van der Waals surface area contributed by atoms with E-state index < -0.39 is 35.4 Å². The van der Waals surface area contributed by atoms with Crippen LogP contribution in [0, 0.1) is 23.3 Å². The molecule has 4 rings (SSSR count). The molecule has 0 unspecified atom stereocenters. The van der Waals surface area contributed by atoms with E-state index in [1.807, 2.05) is 0 Å². The van der Waals surface area contributed by atoms with Gasteiger partial charge in [0.15, 0.2) is 11.6 Å². The van der Waals surface area contributed by atoms with Crippen LogP contribution < -0.4 is 4.74 Å². The molecule has 1 nitrogen and oxygen atoms in total. The molecule has 0 amide bonds. The van der Waals surface area contributed by atoms with E-state index in [9.17, 15) is 26.3 Å². The molecule has 4 aromatic rings. The Morgan fingerprint density at radius 3 is 2.08 bits per heavy atom. The van der Waals surface area contributed by atoms with Crippen molar-refractivity contribution < 1.29 is 35.5 Å². The number of hydrogen-bond donors (Lipinski definition) is 0. The van der Waals surface area contributed by atoms with Crippen molar-refractivity contribution in [2.24, 2.45) is 0 Å². The molecule has 0 aliphatic carbocycles. The maximum atomic E-state index is 15.2. The maximum Gasteiger partial charge on any atom is 0.573 e. The lowest BCUT2D eigenvalue weighted by Gasteiger charge is -2.12. The SMILES string of the molecule is C=CCCc1cc(F)c(-c2ccc3c(F)c(CCc4ccc(OC(F)(F)F)c(F)c4)ccc3c2)c(F)c1. The number of halogens is 7. The molecular formula is C29H21F7O. The van der Waals surface area contributed by atoms with Crippen LogP contribution in [0.25, 0.3) is 21.9 Å². The second-order valence-electron chi connectivity index (χ2n) is 8.55. The summed E-state index contributed by atoms with van der Waals surface area (Å²) in [5.41, 5.74) is 1.25. The maximum absolute atomic E-state index is 15.2. The molecule has 0 saturated carbocycles. The minimum Gasteiger partial charge on any atom is -0.403 e. The van der Waals surface area contributed by atoms with E-state index in [0.29, 0.717) is 34.9 Å². The van der Waals surface area contributed by atoms with Gasteiger partial charge >= 0.3 is 6.36 Å². The van der Waals surface area contributed by atoms with Crippen molar-refractivity contribution >= 4 is 10.8 Å². The third-order valence-electron chi connectivity index (χ3n) is 5.97. The first kappa shape index (κ1) is 26.3. The monoisotopic (exact) mass is 518 g/mol. The second-order valence-corrected chi connectivity index (χ2v) is 8.55. The van der Waals surface area contributed by atoms with Crippen LogP contribution in [0.5, 0.6) is 5.75 Å². The molecular weight excluding hydrogens is 497 g/mol. The summed E-state index contributed by atoms with van der Waals surface area (Å²) in [4.78, 5) is 0. The Labute approximate surface area is 208 Å². The van der Waals surface area contributed by atoms with Crippen molar-refractivity contribution in [3.8, 4) is 16.9 Å². The molecule has 0 heterocycles. The zero-order chi connectivity index (χ0) is 26.7. The van der Waals surface area contributed by atoms with Gasteiger partial charge < -0.3 is 4.74 Å². The summed E-state index contributed by atoms with van der Waals surface area (Å²) in [7, 11) is 0. The van der Waals surface area contributed by atoms with Crippen LogP contribution >= 0.6 is 0 Å². The number of allylic oxidation sites excluding steroid dienone is 1. The van der Waals surface area contributed by atoms with E-state index >= 15 is 4.39 Å². The van der Waals surface area contributed by atoms with Gasteiger partial charge in [0.05, 0.1) is 5.56 Å². The molecule has 0 aliphatic rings. The predicted molar refractivity (Wildman–Crippen MR) is 128 cm³/mol. The van der Waals surface area contributed by atoms with Gasteiger partial charge in [-0.3, -0.25) is 0 Å². The van der Waals surface area contributed by atoms with E-state index in [2.05, 4.69) is 11.3 Å². The summed E-state index contributed by atoms with van der Waals surface area (Å²) in [5, 5.41) is 0.678. The summed E-state index contributed by atoms with van der Waals surface area (Å²) in [6, 6.07) is 13.1. The van der Waals surface area contributed by atoms with Gasteiger partial charge in [0.25, 0.3) is 0 Å². The summed E-state index contributed by atoms with van der Waals surface area (Å²) in [6.45, 7) is 3.60. The number of fused-ring (bicyclic) bond motifs is 1.